The van der Waals surface area contributed by atoms with E-state index in [0.29, 0.717) is 29.3 Å². The van der Waals surface area contributed by atoms with Crippen LogP contribution in [0.1, 0.15) is 54.9 Å². The average molecular weight is 424 g/mol. The monoisotopic (exact) mass is 423 g/mol. The van der Waals surface area contributed by atoms with E-state index in [1.807, 2.05) is 18.2 Å². The average Bonchev–Trinajstić information content (AvgIpc) is 2.82. The maximum atomic E-state index is 12.4. The molecule has 6 nitrogen and oxygen atoms in total. The fraction of sp³-hybridized carbons (Fsp3) is 0.400. The van der Waals surface area contributed by atoms with E-state index in [-0.39, 0.29) is 18.3 Å². The van der Waals surface area contributed by atoms with Crippen molar-refractivity contribution in [1.29, 1.82) is 0 Å². The number of benzene rings is 2. The fourth-order valence-corrected chi connectivity index (χ4v) is 3.67. The number of hydrogen-bond acceptors (Lipinski definition) is 5. The molecule has 31 heavy (non-hydrogen) atoms. The van der Waals surface area contributed by atoms with Gasteiger partial charge in [0.15, 0.2) is 18.5 Å². The molecule has 0 bridgehead atoms. The van der Waals surface area contributed by atoms with Crippen LogP contribution >= 0.6 is 0 Å². The maximum absolute atomic E-state index is 12.4. The molecule has 1 N–H and O–H groups in total. The first kappa shape index (κ1) is 22.5. The first-order chi connectivity index (χ1) is 15.0. The van der Waals surface area contributed by atoms with E-state index in [1.165, 1.54) is 19.3 Å². The van der Waals surface area contributed by atoms with Gasteiger partial charge >= 0.3 is 5.97 Å². The number of esters is 1. The Hall–Kier alpha value is -3.15. The van der Waals surface area contributed by atoms with Crippen molar-refractivity contribution in [3.8, 4) is 5.75 Å². The lowest BCUT2D eigenvalue weighted by atomic mass is 9.89. The Bertz CT molecular complexity index is 873. The fourth-order valence-electron chi connectivity index (χ4n) is 3.67. The van der Waals surface area contributed by atoms with Crippen molar-refractivity contribution in [2.75, 3.05) is 13.2 Å². The Morgan fingerprint density at radius 2 is 1.58 bits per heavy atom. The van der Waals surface area contributed by atoms with Gasteiger partial charge in [-0.05, 0) is 49.9 Å². The molecule has 1 amide bonds. The molecule has 164 valence electrons. The van der Waals surface area contributed by atoms with Crippen LogP contribution in [0.4, 0.5) is 0 Å². The first-order valence-electron chi connectivity index (χ1n) is 10.8. The topological polar surface area (TPSA) is 81.7 Å². The molecule has 0 unspecified atom stereocenters. The van der Waals surface area contributed by atoms with Gasteiger partial charge in [-0.25, -0.2) is 4.79 Å². The minimum absolute atomic E-state index is 0.0837. The van der Waals surface area contributed by atoms with Crippen LogP contribution in [0.3, 0.4) is 0 Å². The van der Waals surface area contributed by atoms with Crippen LogP contribution in [-0.2, 0) is 14.3 Å². The van der Waals surface area contributed by atoms with Crippen LogP contribution in [0.2, 0.25) is 0 Å². The van der Waals surface area contributed by atoms with Crippen LogP contribution < -0.4 is 10.1 Å². The normalized spacial score (nSPS) is 15.0. The molecule has 6 heteroatoms. The zero-order valence-corrected chi connectivity index (χ0v) is 17.8. The number of ketones is 1. The summed E-state index contributed by atoms with van der Waals surface area (Å²) in [6, 6.07) is 15.6. The van der Waals surface area contributed by atoms with Gasteiger partial charge in [0.25, 0.3) is 5.91 Å². The van der Waals surface area contributed by atoms with Crippen molar-refractivity contribution in [3.63, 3.8) is 0 Å². The van der Waals surface area contributed by atoms with E-state index in [0.717, 1.165) is 12.8 Å². The van der Waals surface area contributed by atoms with Crippen LogP contribution in [0.15, 0.2) is 54.6 Å². The molecule has 2 aromatic carbocycles. The largest absolute Gasteiger partial charge is 0.482 e. The summed E-state index contributed by atoms with van der Waals surface area (Å²) in [5, 5.41) is 2.87. The number of carbonyl (C=O) groups is 3. The third-order valence-electron chi connectivity index (χ3n) is 5.48. The second-order valence-corrected chi connectivity index (χ2v) is 7.89. The molecule has 0 heterocycles. The zero-order chi connectivity index (χ0) is 22.1. The smallest absolute Gasteiger partial charge is 0.344 e. The van der Waals surface area contributed by atoms with Gasteiger partial charge < -0.3 is 14.8 Å². The number of rotatable bonds is 9. The third-order valence-corrected chi connectivity index (χ3v) is 5.48. The predicted octanol–water partition coefficient (Wildman–Crippen LogP) is 3.92. The Morgan fingerprint density at radius 3 is 2.26 bits per heavy atom. The highest BCUT2D eigenvalue weighted by Gasteiger charge is 2.20. The SMILES string of the molecule is C[C@H](OC(=O)COc1ccc(C(=O)c2ccccc2)cc1)C(=O)NCC1CCCCC1. The summed E-state index contributed by atoms with van der Waals surface area (Å²) in [6.45, 7) is 1.87. The molecule has 0 spiro atoms. The highest BCUT2D eigenvalue weighted by molar-refractivity contribution is 6.08. The first-order valence-corrected chi connectivity index (χ1v) is 10.8. The summed E-state index contributed by atoms with van der Waals surface area (Å²) in [5.74, 6) is -0.0382. The second-order valence-electron chi connectivity index (χ2n) is 7.89. The summed E-state index contributed by atoms with van der Waals surface area (Å²) in [7, 11) is 0. The van der Waals surface area contributed by atoms with Crippen LogP contribution in [-0.4, -0.2) is 36.9 Å². The summed E-state index contributed by atoms with van der Waals surface area (Å²) in [4.78, 5) is 36.6. The van der Waals surface area contributed by atoms with Crippen molar-refractivity contribution in [2.45, 2.75) is 45.1 Å². The van der Waals surface area contributed by atoms with E-state index in [2.05, 4.69) is 5.32 Å². The molecule has 1 aliphatic carbocycles. The molecule has 1 fully saturated rings. The lowest BCUT2D eigenvalue weighted by Crippen LogP contribution is -2.39. The van der Waals surface area contributed by atoms with E-state index in [9.17, 15) is 14.4 Å². The number of nitrogens with one attached hydrogen (secondary N) is 1. The van der Waals surface area contributed by atoms with E-state index < -0.39 is 12.1 Å². The molecule has 0 aromatic heterocycles. The summed E-state index contributed by atoms with van der Waals surface area (Å²) in [5.41, 5.74) is 1.14. The number of hydrogen-bond donors (Lipinski definition) is 1. The Kier molecular flexibility index (Phi) is 8.21. The summed E-state index contributed by atoms with van der Waals surface area (Å²) < 4.78 is 10.6. The van der Waals surface area contributed by atoms with Crippen LogP contribution in [0.5, 0.6) is 5.75 Å². The Labute approximate surface area is 182 Å². The Balaban J connectivity index is 1.40. The van der Waals surface area contributed by atoms with Crippen molar-refractivity contribution in [2.24, 2.45) is 5.92 Å². The van der Waals surface area contributed by atoms with Gasteiger partial charge in [0.05, 0.1) is 0 Å². The molecule has 1 aliphatic rings. The van der Waals surface area contributed by atoms with Crippen LogP contribution in [0, 0.1) is 5.92 Å². The molecule has 0 aliphatic heterocycles. The van der Waals surface area contributed by atoms with Crippen molar-refractivity contribution in [1.82, 2.24) is 5.32 Å². The van der Waals surface area contributed by atoms with E-state index in [1.54, 1.807) is 43.3 Å². The highest BCUT2D eigenvalue weighted by atomic mass is 16.6. The molecule has 2 aromatic rings. The number of ether oxygens (including phenoxy) is 2. The second kappa shape index (κ2) is 11.3. The molecular formula is C25H29NO5. The van der Waals surface area contributed by atoms with Gasteiger partial charge in [-0.2, -0.15) is 0 Å². The standard InChI is InChI=1S/C25H29NO5/c1-18(25(29)26-16-19-8-4-2-5-9-19)31-23(27)17-30-22-14-12-21(13-15-22)24(28)20-10-6-3-7-11-20/h3,6-7,10-15,18-19H,2,4-5,8-9,16-17H2,1H3,(H,26,29)/t18-/m0/s1. The molecule has 1 saturated carbocycles. The minimum Gasteiger partial charge on any atom is -0.482 e. The molecule has 0 saturated heterocycles. The molecule has 3 rings (SSSR count). The quantitative estimate of drug-likeness (QED) is 0.488. The van der Waals surface area contributed by atoms with Gasteiger partial charge in [-0.15, -0.1) is 0 Å². The maximum Gasteiger partial charge on any atom is 0.344 e. The van der Waals surface area contributed by atoms with Crippen LogP contribution in [0.25, 0.3) is 0 Å². The van der Waals surface area contributed by atoms with Gasteiger partial charge in [-0.1, -0.05) is 49.6 Å². The molecule has 1 atom stereocenters. The molecule has 0 radical (unpaired) electrons. The van der Waals surface area contributed by atoms with Gasteiger partial charge in [0.2, 0.25) is 0 Å². The van der Waals surface area contributed by atoms with Gasteiger partial charge in [0.1, 0.15) is 5.75 Å². The third kappa shape index (κ3) is 6.95. The molecular weight excluding hydrogens is 394 g/mol. The van der Waals surface area contributed by atoms with Gasteiger partial charge in [0, 0.05) is 17.7 Å². The zero-order valence-electron chi connectivity index (χ0n) is 17.8. The lowest BCUT2D eigenvalue weighted by molar-refractivity contribution is -0.156. The Morgan fingerprint density at radius 1 is 0.935 bits per heavy atom. The highest BCUT2D eigenvalue weighted by Crippen LogP contribution is 2.22. The lowest BCUT2D eigenvalue weighted by Gasteiger charge is -2.22. The van der Waals surface area contributed by atoms with Crippen molar-refractivity contribution < 1.29 is 23.9 Å². The van der Waals surface area contributed by atoms with Gasteiger partial charge in [-0.3, -0.25) is 9.59 Å². The number of carbonyl (C=O) groups excluding carboxylic acids is 3. The predicted molar refractivity (Wildman–Crippen MR) is 117 cm³/mol. The van der Waals surface area contributed by atoms with E-state index >= 15 is 0 Å². The summed E-state index contributed by atoms with van der Waals surface area (Å²) in [6.07, 6.45) is 5.10. The minimum atomic E-state index is -0.870. The number of amides is 1. The summed E-state index contributed by atoms with van der Waals surface area (Å²) >= 11 is 0. The van der Waals surface area contributed by atoms with Crippen molar-refractivity contribution >= 4 is 17.7 Å². The van der Waals surface area contributed by atoms with E-state index in [4.69, 9.17) is 9.47 Å². The van der Waals surface area contributed by atoms with Crippen molar-refractivity contribution in [3.05, 3.63) is 65.7 Å².